The Hall–Kier alpha value is -2.15. The summed E-state index contributed by atoms with van der Waals surface area (Å²) in [5, 5.41) is 1.18. The Morgan fingerprint density at radius 1 is 1.28 bits per heavy atom. The Bertz CT molecular complexity index is 633. The summed E-state index contributed by atoms with van der Waals surface area (Å²) in [5.41, 5.74) is 4.61. The molecule has 0 fully saturated rings. The van der Waals surface area contributed by atoms with E-state index in [1.54, 1.807) is 0 Å². The number of rotatable bonds is 3. The van der Waals surface area contributed by atoms with Gasteiger partial charge in [0, 0.05) is 11.6 Å². The second-order valence-corrected chi connectivity index (χ2v) is 4.19. The minimum atomic E-state index is 1.03. The summed E-state index contributed by atoms with van der Waals surface area (Å²) in [7, 11) is 0. The summed E-state index contributed by atoms with van der Waals surface area (Å²) in [6.07, 6.45) is 9.94. The van der Waals surface area contributed by atoms with Gasteiger partial charge in [-0.2, -0.15) is 0 Å². The average molecular weight is 235 g/mol. The SMILES string of the molecule is C=C/C=C(\C=C/C)c1c(C)cnc2ccccc12. The molecule has 1 heteroatoms. The molecule has 1 heterocycles. The molecule has 0 spiro atoms. The van der Waals surface area contributed by atoms with Crippen LogP contribution in [0.2, 0.25) is 0 Å². The van der Waals surface area contributed by atoms with Crippen molar-refractivity contribution in [3.63, 3.8) is 0 Å². The highest BCUT2D eigenvalue weighted by Crippen LogP contribution is 2.27. The van der Waals surface area contributed by atoms with Crippen molar-refractivity contribution >= 4 is 16.5 Å². The molecule has 0 atom stereocenters. The Morgan fingerprint density at radius 3 is 2.78 bits per heavy atom. The van der Waals surface area contributed by atoms with E-state index in [1.807, 2.05) is 49.5 Å². The third-order valence-electron chi connectivity index (χ3n) is 2.90. The lowest BCUT2D eigenvalue weighted by Gasteiger charge is -2.10. The highest BCUT2D eigenvalue weighted by atomic mass is 14.7. The fourth-order valence-corrected chi connectivity index (χ4v) is 2.15. The number of fused-ring (bicyclic) bond motifs is 1. The van der Waals surface area contributed by atoms with Crippen LogP contribution in [0.15, 0.2) is 61.3 Å². The van der Waals surface area contributed by atoms with Crippen molar-refractivity contribution in [1.29, 1.82) is 0 Å². The van der Waals surface area contributed by atoms with E-state index in [-0.39, 0.29) is 0 Å². The van der Waals surface area contributed by atoms with Crippen LogP contribution < -0.4 is 0 Å². The molecule has 1 aromatic heterocycles. The maximum atomic E-state index is 4.47. The number of benzene rings is 1. The lowest BCUT2D eigenvalue weighted by atomic mass is 9.96. The summed E-state index contributed by atoms with van der Waals surface area (Å²) in [6, 6.07) is 8.22. The quantitative estimate of drug-likeness (QED) is 0.703. The number of nitrogens with zero attached hydrogens (tertiary/aromatic N) is 1. The zero-order chi connectivity index (χ0) is 13.0. The van der Waals surface area contributed by atoms with E-state index in [0.29, 0.717) is 0 Å². The largest absolute Gasteiger partial charge is 0.256 e. The van der Waals surface area contributed by atoms with Gasteiger partial charge < -0.3 is 0 Å². The molecular weight excluding hydrogens is 218 g/mol. The van der Waals surface area contributed by atoms with Gasteiger partial charge in [0.15, 0.2) is 0 Å². The van der Waals surface area contributed by atoms with Crippen molar-refractivity contribution in [3.8, 4) is 0 Å². The third kappa shape index (κ3) is 2.25. The van der Waals surface area contributed by atoms with E-state index in [2.05, 4.69) is 30.6 Å². The van der Waals surface area contributed by atoms with E-state index in [4.69, 9.17) is 0 Å². The first-order valence-electron chi connectivity index (χ1n) is 6.08. The van der Waals surface area contributed by atoms with Crippen LogP contribution in [0.4, 0.5) is 0 Å². The van der Waals surface area contributed by atoms with Gasteiger partial charge >= 0.3 is 0 Å². The molecule has 0 N–H and O–H groups in total. The van der Waals surface area contributed by atoms with Crippen molar-refractivity contribution in [2.45, 2.75) is 13.8 Å². The molecule has 0 aliphatic heterocycles. The predicted octanol–water partition coefficient (Wildman–Crippen LogP) is 4.69. The molecule has 2 aromatic rings. The maximum absolute atomic E-state index is 4.47. The van der Waals surface area contributed by atoms with E-state index >= 15 is 0 Å². The Labute approximate surface area is 108 Å². The van der Waals surface area contributed by atoms with E-state index < -0.39 is 0 Å². The number of aromatic nitrogens is 1. The van der Waals surface area contributed by atoms with Crippen molar-refractivity contribution in [1.82, 2.24) is 4.98 Å². The zero-order valence-electron chi connectivity index (χ0n) is 10.9. The molecule has 0 saturated heterocycles. The second kappa shape index (κ2) is 5.46. The topological polar surface area (TPSA) is 12.9 Å². The van der Waals surface area contributed by atoms with E-state index in [0.717, 1.165) is 5.52 Å². The van der Waals surface area contributed by atoms with Gasteiger partial charge in [-0.1, -0.05) is 49.1 Å². The monoisotopic (exact) mass is 235 g/mol. The summed E-state index contributed by atoms with van der Waals surface area (Å²) < 4.78 is 0. The molecular formula is C17H17N. The molecule has 0 unspecified atom stereocenters. The summed E-state index contributed by atoms with van der Waals surface area (Å²) >= 11 is 0. The van der Waals surface area contributed by atoms with Crippen LogP contribution in [0.25, 0.3) is 16.5 Å². The zero-order valence-corrected chi connectivity index (χ0v) is 10.9. The Morgan fingerprint density at radius 2 is 2.06 bits per heavy atom. The molecule has 0 saturated carbocycles. The normalized spacial score (nSPS) is 12.2. The number of aryl methyl sites for hydroxylation is 1. The minimum Gasteiger partial charge on any atom is -0.256 e. The molecule has 18 heavy (non-hydrogen) atoms. The standard InChI is InChI=1S/C17H17N/c1-4-8-14(9-5-2)17-13(3)12-18-16-11-7-6-10-15(16)17/h4-12H,1H2,2-3H3/b9-5-,14-8+. The molecule has 90 valence electrons. The van der Waals surface area contributed by atoms with Gasteiger partial charge in [0.1, 0.15) is 0 Å². The van der Waals surface area contributed by atoms with Crippen molar-refractivity contribution < 1.29 is 0 Å². The maximum Gasteiger partial charge on any atom is 0.0708 e. The van der Waals surface area contributed by atoms with E-state index in [1.165, 1.54) is 22.1 Å². The van der Waals surface area contributed by atoms with Crippen LogP contribution in [0.3, 0.4) is 0 Å². The van der Waals surface area contributed by atoms with Gasteiger partial charge in [0.25, 0.3) is 0 Å². The fraction of sp³-hybridized carbons (Fsp3) is 0.118. The van der Waals surface area contributed by atoms with Crippen LogP contribution in [0.1, 0.15) is 18.1 Å². The highest BCUT2D eigenvalue weighted by molar-refractivity contribution is 5.95. The van der Waals surface area contributed by atoms with Crippen LogP contribution in [-0.4, -0.2) is 4.98 Å². The Kier molecular flexibility index (Phi) is 3.73. The molecule has 1 aromatic carbocycles. The van der Waals surface area contributed by atoms with Crippen LogP contribution in [-0.2, 0) is 0 Å². The van der Waals surface area contributed by atoms with Gasteiger partial charge in [-0.15, -0.1) is 0 Å². The van der Waals surface area contributed by atoms with Gasteiger partial charge in [0.2, 0.25) is 0 Å². The van der Waals surface area contributed by atoms with Crippen molar-refractivity contribution in [2.24, 2.45) is 0 Å². The minimum absolute atomic E-state index is 1.03. The molecule has 0 bridgehead atoms. The molecule has 0 aliphatic carbocycles. The third-order valence-corrected chi connectivity index (χ3v) is 2.90. The lowest BCUT2D eigenvalue weighted by Crippen LogP contribution is -1.92. The summed E-state index contributed by atoms with van der Waals surface area (Å²) in [6.45, 7) is 7.91. The molecule has 0 amide bonds. The molecule has 0 aliphatic rings. The number of allylic oxidation sites excluding steroid dienone is 5. The first-order chi connectivity index (χ1) is 8.77. The van der Waals surface area contributed by atoms with Crippen LogP contribution in [0.5, 0.6) is 0 Å². The fourth-order valence-electron chi connectivity index (χ4n) is 2.15. The van der Waals surface area contributed by atoms with Crippen LogP contribution >= 0.6 is 0 Å². The predicted molar refractivity (Wildman–Crippen MR) is 79.5 cm³/mol. The summed E-state index contributed by atoms with van der Waals surface area (Å²) in [4.78, 5) is 4.47. The van der Waals surface area contributed by atoms with Crippen molar-refractivity contribution in [3.05, 3.63) is 72.5 Å². The number of hydrogen-bond donors (Lipinski definition) is 0. The first kappa shape index (κ1) is 12.3. The smallest absolute Gasteiger partial charge is 0.0708 e. The van der Waals surface area contributed by atoms with Crippen LogP contribution in [0, 0.1) is 6.92 Å². The molecule has 2 rings (SSSR count). The van der Waals surface area contributed by atoms with Gasteiger partial charge in [0.05, 0.1) is 5.52 Å². The highest BCUT2D eigenvalue weighted by Gasteiger charge is 2.07. The van der Waals surface area contributed by atoms with Gasteiger partial charge in [-0.3, -0.25) is 4.98 Å². The number of para-hydroxylation sites is 1. The van der Waals surface area contributed by atoms with Crippen molar-refractivity contribution in [2.75, 3.05) is 0 Å². The van der Waals surface area contributed by atoms with Gasteiger partial charge in [-0.25, -0.2) is 0 Å². The average Bonchev–Trinajstić information content (AvgIpc) is 2.38. The first-order valence-corrected chi connectivity index (χ1v) is 6.08. The second-order valence-electron chi connectivity index (χ2n) is 4.19. The molecule has 1 nitrogen and oxygen atoms in total. The number of hydrogen-bond acceptors (Lipinski definition) is 1. The lowest BCUT2D eigenvalue weighted by molar-refractivity contribution is 1.32. The molecule has 0 radical (unpaired) electrons. The Balaban J connectivity index is 2.79. The number of pyridine rings is 1. The van der Waals surface area contributed by atoms with Gasteiger partial charge in [-0.05, 0) is 36.6 Å². The van der Waals surface area contributed by atoms with E-state index in [9.17, 15) is 0 Å². The summed E-state index contributed by atoms with van der Waals surface area (Å²) in [5.74, 6) is 0.